The van der Waals surface area contributed by atoms with Crippen LogP contribution in [0.5, 0.6) is 0 Å². The third-order valence-corrected chi connectivity index (χ3v) is 1.04. The van der Waals surface area contributed by atoms with Crippen molar-refractivity contribution >= 4 is 0 Å². The maximum atomic E-state index is 5.45. The Morgan fingerprint density at radius 2 is 1.88 bits per heavy atom. The van der Waals surface area contributed by atoms with Crippen LogP contribution in [0.25, 0.3) is 0 Å². The van der Waals surface area contributed by atoms with Crippen molar-refractivity contribution in [3.8, 4) is 0 Å². The number of rotatable bonds is 1. The topological polar surface area (TPSA) is 26.0 Å². The van der Waals surface area contributed by atoms with E-state index in [0.29, 0.717) is 0 Å². The van der Waals surface area contributed by atoms with Crippen molar-refractivity contribution in [3.05, 3.63) is 23.4 Å². The van der Waals surface area contributed by atoms with E-state index in [1.807, 2.05) is 32.9 Å². The van der Waals surface area contributed by atoms with Gasteiger partial charge < -0.3 is 5.73 Å². The minimum absolute atomic E-state index is 0.892. The zero-order valence-electron chi connectivity index (χ0n) is 5.73. The molecule has 0 atom stereocenters. The molecule has 0 aromatic rings. The average Bonchev–Trinajstić information content (AvgIpc) is 1.67. The number of hydrogen-bond donors (Lipinski definition) is 1. The van der Waals surface area contributed by atoms with Crippen molar-refractivity contribution in [2.45, 2.75) is 20.8 Å². The predicted octanol–water partition coefficient (Wildman–Crippen LogP) is 1.82. The molecule has 8 heavy (non-hydrogen) atoms. The molecule has 1 nitrogen and oxygen atoms in total. The quantitative estimate of drug-likeness (QED) is 0.513. The second kappa shape index (κ2) is 3.30. The van der Waals surface area contributed by atoms with E-state index in [1.54, 1.807) is 0 Å². The Bertz CT molecular complexity index is 116. The summed E-state index contributed by atoms with van der Waals surface area (Å²) in [6.07, 6.45) is 3.97. The summed E-state index contributed by atoms with van der Waals surface area (Å²) < 4.78 is 0. The third-order valence-electron chi connectivity index (χ3n) is 1.04. The third kappa shape index (κ3) is 2.45. The molecule has 46 valence electrons. The Morgan fingerprint density at radius 1 is 1.38 bits per heavy atom. The van der Waals surface area contributed by atoms with Gasteiger partial charge in [-0.05, 0) is 26.3 Å². The van der Waals surface area contributed by atoms with Gasteiger partial charge in [0, 0.05) is 5.70 Å². The monoisotopic (exact) mass is 111 g/mol. The van der Waals surface area contributed by atoms with E-state index >= 15 is 0 Å². The van der Waals surface area contributed by atoms with Crippen molar-refractivity contribution < 1.29 is 0 Å². The first-order chi connectivity index (χ1) is 3.68. The molecule has 0 spiro atoms. The lowest BCUT2D eigenvalue weighted by molar-refractivity contribution is 1.24. The maximum absolute atomic E-state index is 5.45. The number of allylic oxidation sites excluding steroid dienone is 4. The van der Waals surface area contributed by atoms with Gasteiger partial charge >= 0.3 is 0 Å². The molecule has 0 aromatic heterocycles. The molecule has 0 rings (SSSR count). The average molecular weight is 111 g/mol. The van der Waals surface area contributed by atoms with Gasteiger partial charge in [0.15, 0.2) is 0 Å². The van der Waals surface area contributed by atoms with Gasteiger partial charge in [-0.15, -0.1) is 0 Å². The van der Waals surface area contributed by atoms with Crippen LogP contribution in [-0.4, -0.2) is 0 Å². The number of hydrogen-bond acceptors (Lipinski definition) is 1. The molecule has 0 radical (unpaired) electrons. The van der Waals surface area contributed by atoms with Gasteiger partial charge in [0.25, 0.3) is 0 Å². The first-order valence-electron chi connectivity index (χ1n) is 2.74. The molecular weight excluding hydrogens is 98.1 g/mol. The molecule has 0 heterocycles. The van der Waals surface area contributed by atoms with Gasteiger partial charge in [-0.2, -0.15) is 0 Å². The van der Waals surface area contributed by atoms with Gasteiger partial charge in [0.05, 0.1) is 0 Å². The smallest absolute Gasteiger partial charge is 0.00784 e. The normalized spacial score (nSPS) is 14.4. The summed E-state index contributed by atoms with van der Waals surface area (Å²) in [5.41, 5.74) is 7.49. The van der Waals surface area contributed by atoms with Crippen molar-refractivity contribution in [3.63, 3.8) is 0 Å². The Morgan fingerprint density at radius 3 is 2.00 bits per heavy atom. The molecular formula is C7H13N. The summed E-state index contributed by atoms with van der Waals surface area (Å²) >= 11 is 0. The van der Waals surface area contributed by atoms with Gasteiger partial charge in [-0.1, -0.05) is 12.2 Å². The predicted molar refractivity (Wildman–Crippen MR) is 37.4 cm³/mol. The van der Waals surface area contributed by atoms with Crippen LogP contribution in [0.4, 0.5) is 0 Å². The van der Waals surface area contributed by atoms with Gasteiger partial charge in [-0.25, -0.2) is 0 Å². The summed E-state index contributed by atoms with van der Waals surface area (Å²) in [6, 6.07) is 0. The highest BCUT2D eigenvalue weighted by Gasteiger charge is 1.81. The second-order valence-electron chi connectivity index (χ2n) is 1.87. The van der Waals surface area contributed by atoms with Crippen LogP contribution in [0, 0.1) is 0 Å². The van der Waals surface area contributed by atoms with Crippen molar-refractivity contribution in [2.24, 2.45) is 5.73 Å². The molecule has 0 aliphatic carbocycles. The lowest BCUT2D eigenvalue weighted by atomic mass is 10.2. The molecule has 1 heteroatoms. The Hall–Kier alpha value is -0.720. The first-order valence-corrected chi connectivity index (χ1v) is 2.74. The van der Waals surface area contributed by atoms with Gasteiger partial charge in [0.2, 0.25) is 0 Å². The molecule has 0 unspecified atom stereocenters. The van der Waals surface area contributed by atoms with Crippen LogP contribution < -0.4 is 5.73 Å². The maximum Gasteiger partial charge on any atom is 0.00784 e. The Labute approximate surface area is 50.9 Å². The highest BCUT2D eigenvalue weighted by Crippen LogP contribution is 1.96. The largest absolute Gasteiger partial charge is 0.402 e. The van der Waals surface area contributed by atoms with Gasteiger partial charge in [0.1, 0.15) is 0 Å². The van der Waals surface area contributed by atoms with E-state index in [9.17, 15) is 0 Å². The first kappa shape index (κ1) is 7.28. The molecule has 0 aromatic carbocycles. The summed E-state index contributed by atoms with van der Waals surface area (Å²) in [4.78, 5) is 0. The van der Waals surface area contributed by atoms with E-state index in [0.717, 1.165) is 11.3 Å². The SMILES string of the molecule is C/C=C\C(C)=C(\C)N. The zero-order chi connectivity index (χ0) is 6.57. The molecule has 0 saturated carbocycles. The van der Waals surface area contributed by atoms with E-state index in [4.69, 9.17) is 5.73 Å². The van der Waals surface area contributed by atoms with Crippen LogP contribution in [0.15, 0.2) is 23.4 Å². The standard InChI is InChI=1S/C7H13N/c1-4-5-6(2)7(3)8/h4-5H,8H2,1-3H3/b5-4-,7-6-. The highest BCUT2D eigenvalue weighted by atomic mass is 14.5. The van der Waals surface area contributed by atoms with Gasteiger partial charge in [-0.3, -0.25) is 0 Å². The van der Waals surface area contributed by atoms with E-state index < -0.39 is 0 Å². The van der Waals surface area contributed by atoms with Crippen molar-refractivity contribution in [2.75, 3.05) is 0 Å². The molecule has 0 saturated heterocycles. The minimum atomic E-state index is 0.892. The summed E-state index contributed by atoms with van der Waals surface area (Å²) in [5, 5.41) is 0. The Balaban J connectivity index is 4.00. The van der Waals surface area contributed by atoms with E-state index in [1.165, 1.54) is 0 Å². The van der Waals surface area contributed by atoms with E-state index in [-0.39, 0.29) is 0 Å². The van der Waals surface area contributed by atoms with Crippen molar-refractivity contribution in [1.82, 2.24) is 0 Å². The Kier molecular flexibility index (Phi) is 3.01. The number of nitrogens with two attached hydrogens (primary N) is 1. The summed E-state index contributed by atoms with van der Waals surface area (Å²) in [5.74, 6) is 0. The molecule has 0 amide bonds. The van der Waals surface area contributed by atoms with Crippen LogP contribution in [0.2, 0.25) is 0 Å². The minimum Gasteiger partial charge on any atom is -0.402 e. The highest BCUT2D eigenvalue weighted by molar-refractivity contribution is 5.19. The van der Waals surface area contributed by atoms with Crippen LogP contribution in [-0.2, 0) is 0 Å². The van der Waals surface area contributed by atoms with Crippen LogP contribution in [0.3, 0.4) is 0 Å². The van der Waals surface area contributed by atoms with E-state index in [2.05, 4.69) is 0 Å². The fourth-order valence-electron chi connectivity index (χ4n) is 0.381. The summed E-state index contributed by atoms with van der Waals surface area (Å²) in [6.45, 7) is 5.87. The molecule has 0 aliphatic heterocycles. The molecule has 0 fully saturated rings. The molecule has 2 N–H and O–H groups in total. The van der Waals surface area contributed by atoms with Crippen LogP contribution >= 0.6 is 0 Å². The fourth-order valence-corrected chi connectivity index (χ4v) is 0.381. The lowest BCUT2D eigenvalue weighted by Crippen LogP contribution is -1.92. The second-order valence-corrected chi connectivity index (χ2v) is 1.87. The summed E-state index contributed by atoms with van der Waals surface area (Å²) in [7, 11) is 0. The molecule has 0 bridgehead atoms. The lowest BCUT2D eigenvalue weighted by Gasteiger charge is -1.92. The fraction of sp³-hybridized carbons (Fsp3) is 0.429. The van der Waals surface area contributed by atoms with Crippen LogP contribution in [0.1, 0.15) is 20.8 Å². The molecule has 0 aliphatic rings. The zero-order valence-corrected chi connectivity index (χ0v) is 5.73. The van der Waals surface area contributed by atoms with Crippen molar-refractivity contribution in [1.29, 1.82) is 0 Å².